The SMILES string of the molecule is CC(C)=CC(O)CC1(C)C(CO)CC2=CCCC(C)(C)C21C. The van der Waals surface area contributed by atoms with Gasteiger partial charge in [0.05, 0.1) is 6.10 Å². The molecule has 0 aromatic rings. The molecule has 0 radical (unpaired) electrons. The Morgan fingerprint density at radius 1 is 1.32 bits per heavy atom. The topological polar surface area (TPSA) is 40.5 Å². The normalized spacial score (nSPS) is 38.2. The molecule has 0 amide bonds. The third-order valence-corrected chi connectivity index (χ3v) is 7.04. The molecule has 0 aliphatic heterocycles. The first-order valence-electron chi connectivity index (χ1n) is 8.72. The van der Waals surface area contributed by atoms with Crippen LogP contribution in [0.3, 0.4) is 0 Å². The van der Waals surface area contributed by atoms with Crippen LogP contribution in [0.1, 0.15) is 67.2 Å². The zero-order chi connectivity index (χ0) is 16.8. The summed E-state index contributed by atoms with van der Waals surface area (Å²) in [5.41, 5.74) is 2.82. The maximum absolute atomic E-state index is 10.6. The van der Waals surface area contributed by atoms with E-state index in [9.17, 15) is 10.2 Å². The fourth-order valence-electron chi connectivity index (χ4n) is 5.34. The van der Waals surface area contributed by atoms with E-state index in [-0.39, 0.29) is 28.8 Å². The molecule has 4 atom stereocenters. The number of allylic oxidation sites excluding steroid dienone is 3. The second-order valence-corrected chi connectivity index (χ2v) is 8.79. The van der Waals surface area contributed by atoms with Crippen molar-refractivity contribution in [2.45, 2.75) is 73.3 Å². The maximum Gasteiger partial charge on any atom is 0.0728 e. The highest BCUT2D eigenvalue weighted by Gasteiger charge is 2.63. The van der Waals surface area contributed by atoms with Crippen molar-refractivity contribution in [3.63, 3.8) is 0 Å². The van der Waals surface area contributed by atoms with Crippen LogP contribution >= 0.6 is 0 Å². The standard InChI is InChI=1S/C20H34O2/c1-14(2)10-17(22)12-19(5)16(13-21)11-15-8-7-9-18(3,4)20(15,19)6/h8,10,16-17,21-22H,7,9,11-13H2,1-6H3. The number of hydrogen-bond donors (Lipinski definition) is 2. The van der Waals surface area contributed by atoms with Gasteiger partial charge in [0.15, 0.2) is 0 Å². The molecule has 0 bridgehead atoms. The molecule has 2 N–H and O–H groups in total. The van der Waals surface area contributed by atoms with Crippen molar-refractivity contribution in [3.05, 3.63) is 23.3 Å². The van der Waals surface area contributed by atoms with Gasteiger partial charge in [-0.3, -0.25) is 0 Å². The third kappa shape index (κ3) is 2.49. The van der Waals surface area contributed by atoms with Crippen molar-refractivity contribution in [2.24, 2.45) is 22.2 Å². The van der Waals surface area contributed by atoms with Crippen molar-refractivity contribution in [1.29, 1.82) is 0 Å². The Morgan fingerprint density at radius 2 is 1.95 bits per heavy atom. The van der Waals surface area contributed by atoms with E-state index in [2.05, 4.69) is 33.8 Å². The Balaban J connectivity index is 2.47. The summed E-state index contributed by atoms with van der Waals surface area (Å²) in [5, 5.41) is 20.6. The fourth-order valence-corrected chi connectivity index (χ4v) is 5.34. The van der Waals surface area contributed by atoms with Gasteiger partial charge in [0.2, 0.25) is 0 Å². The minimum atomic E-state index is -0.432. The highest BCUT2D eigenvalue weighted by Crippen LogP contribution is 2.70. The van der Waals surface area contributed by atoms with E-state index in [1.54, 1.807) is 0 Å². The van der Waals surface area contributed by atoms with E-state index in [0.717, 1.165) is 24.8 Å². The third-order valence-electron chi connectivity index (χ3n) is 7.04. The van der Waals surface area contributed by atoms with E-state index in [1.165, 1.54) is 12.0 Å². The minimum absolute atomic E-state index is 0.0438. The van der Waals surface area contributed by atoms with Crippen molar-refractivity contribution in [2.75, 3.05) is 6.61 Å². The largest absolute Gasteiger partial charge is 0.396 e. The zero-order valence-electron chi connectivity index (χ0n) is 15.2. The van der Waals surface area contributed by atoms with Crippen LogP contribution in [0, 0.1) is 22.2 Å². The molecule has 4 unspecified atom stereocenters. The molecule has 0 heterocycles. The van der Waals surface area contributed by atoms with Crippen LogP contribution in [0.2, 0.25) is 0 Å². The summed E-state index contributed by atoms with van der Waals surface area (Å²) in [6.07, 6.45) is 7.96. The zero-order valence-corrected chi connectivity index (χ0v) is 15.2. The maximum atomic E-state index is 10.6. The number of hydrogen-bond acceptors (Lipinski definition) is 2. The van der Waals surface area contributed by atoms with Crippen LogP contribution in [0.15, 0.2) is 23.3 Å². The van der Waals surface area contributed by atoms with Gasteiger partial charge in [0.25, 0.3) is 0 Å². The summed E-state index contributed by atoms with van der Waals surface area (Å²) in [6, 6.07) is 0. The van der Waals surface area contributed by atoms with Crippen molar-refractivity contribution >= 4 is 0 Å². The average molecular weight is 306 g/mol. The summed E-state index contributed by atoms with van der Waals surface area (Å²) < 4.78 is 0. The van der Waals surface area contributed by atoms with Gasteiger partial charge in [0, 0.05) is 6.61 Å². The monoisotopic (exact) mass is 306 g/mol. The van der Waals surface area contributed by atoms with E-state index in [0.29, 0.717) is 0 Å². The summed E-state index contributed by atoms with van der Waals surface area (Å²) in [6.45, 7) is 13.7. The molecule has 0 saturated heterocycles. The highest BCUT2D eigenvalue weighted by atomic mass is 16.3. The number of rotatable bonds is 4. The highest BCUT2D eigenvalue weighted by molar-refractivity contribution is 5.32. The van der Waals surface area contributed by atoms with Crippen LogP contribution < -0.4 is 0 Å². The molecule has 2 nitrogen and oxygen atoms in total. The molecular formula is C20H34O2. The van der Waals surface area contributed by atoms with Gasteiger partial charge < -0.3 is 10.2 Å². The molecule has 22 heavy (non-hydrogen) atoms. The van der Waals surface area contributed by atoms with Crippen LogP contribution in [0.25, 0.3) is 0 Å². The second-order valence-electron chi connectivity index (χ2n) is 8.79. The lowest BCUT2D eigenvalue weighted by Gasteiger charge is -2.56. The van der Waals surface area contributed by atoms with Gasteiger partial charge >= 0.3 is 0 Å². The lowest BCUT2D eigenvalue weighted by molar-refractivity contribution is -0.0615. The number of fused-ring (bicyclic) bond motifs is 1. The molecule has 2 aliphatic carbocycles. The molecule has 0 aromatic carbocycles. The summed E-state index contributed by atoms with van der Waals surface area (Å²) in [7, 11) is 0. The van der Waals surface area contributed by atoms with Gasteiger partial charge in [-0.2, -0.15) is 0 Å². The van der Waals surface area contributed by atoms with Crippen molar-refractivity contribution < 1.29 is 10.2 Å². The van der Waals surface area contributed by atoms with E-state index >= 15 is 0 Å². The molecule has 0 aromatic heterocycles. The first-order valence-corrected chi connectivity index (χ1v) is 8.72. The smallest absolute Gasteiger partial charge is 0.0728 e. The summed E-state index contributed by atoms with van der Waals surface area (Å²) in [5.74, 6) is 0.237. The van der Waals surface area contributed by atoms with Gasteiger partial charge in [-0.15, -0.1) is 0 Å². The van der Waals surface area contributed by atoms with Crippen LogP contribution in [0.4, 0.5) is 0 Å². The quantitative estimate of drug-likeness (QED) is 0.752. The number of aliphatic hydroxyl groups excluding tert-OH is 2. The minimum Gasteiger partial charge on any atom is -0.396 e. The molecule has 1 fully saturated rings. The van der Waals surface area contributed by atoms with Crippen LogP contribution in [0.5, 0.6) is 0 Å². The van der Waals surface area contributed by atoms with Gasteiger partial charge in [-0.1, -0.05) is 51.0 Å². The van der Waals surface area contributed by atoms with Gasteiger partial charge in [-0.05, 0) is 61.7 Å². The lowest BCUT2D eigenvalue weighted by Crippen LogP contribution is -2.50. The Bertz CT molecular complexity index is 484. The second kappa shape index (κ2) is 5.79. The summed E-state index contributed by atoms with van der Waals surface area (Å²) >= 11 is 0. The molecule has 126 valence electrons. The lowest BCUT2D eigenvalue weighted by atomic mass is 9.48. The van der Waals surface area contributed by atoms with E-state index in [1.807, 2.05) is 19.9 Å². The Labute approximate surface area is 136 Å². The van der Waals surface area contributed by atoms with Crippen molar-refractivity contribution in [3.8, 4) is 0 Å². The van der Waals surface area contributed by atoms with Gasteiger partial charge in [0.1, 0.15) is 0 Å². The fraction of sp³-hybridized carbons (Fsp3) is 0.800. The van der Waals surface area contributed by atoms with Gasteiger partial charge in [-0.25, -0.2) is 0 Å². The number of aliphatic hydroxyl groups is 2. The molecule has 0 spiro atoms. The average Bonchev–Trinajstić information content (AvgIpc) is 2.59. The molecular weight excluding hydrogens is 272 g/mol. The Kier molecular flexibility index (Phi) is 4.68. The first-order chi connectivity index (χ1) is 10.1. The first kappa shape index (κ1) is 17.7. The predicted molar refractivity (Wildman–Crippen MR) is 92.6 cm³/mol. The summed E-state index contributed by atoms with van der Waals surface area (Å²) in [4.78, 5) is 0. The Morgan fingerprint density at radius 3 is 2.50 bits per heavy atom. The molecule has 2 aliphatic rings. The molecule has 1 saturated carbocycles. The van der Waals surface area contributed by atoms with Crippen LogP contribution in [-0.2, 0) is 0 Å². The molecule has 2 heteroatoms. The predicted octanol–water partition coefficient (Wildman–Crippen LogP) is 4.47. The Hall–Kier alpha value is -0.600. The van der Waals surface area contributed by atoms with E-state index < -0.39 is 6.10 Å². The molecule has 2 rings (SSSR count). The van der Waals surface area contributed by atoms with Crippen molar-refractivity contribution in [1.82, 2.24) is 0 Å². The van der Waals surface area contributed by atoms with E-state index in [4.69, 9.17) is 0 Å². The van der Waals surface area contributed by atoms with Crippen LogP contribution in [-0.4, -0.2) is 22.9 Å².